The molecule has 0 atom stereocenters. The van der Waals surface area contributed by atoms with Crippen LogP contribution in [-0.2, 0) is 5.54 Å². The third kappa shape index (κ3) is 4.03. The van der Waals surface area contributed by atoms with Crippen LogP contribution >= 0.6 is 11.6 Å². The van der Waals surface area contributed by atoms with Gasteiger partial charge in [-0.2, -0.15) is 4.98 Å². The summed E-state index contributed by atoms with van der Waals surface area (Å²) < 4.78 is 6.83. The number of carbonyl (C=O) groups is 1. The fraction of sp³-hybridized carbons (Fsp3) is 0.450. The molecule has 1 amide bonds. The van der Waals surface area contributed by atoms with E-state index < -0.39 is 5.54 Å². The van der Waals surface area contributed by atoms with Crippen LogP contribution in [0.4, 0.5) is 0 Å². The lowest BCUT2D eigenvalue weighted by atomic mass is 9.89. The molecular weight excluding hydrogens is 392 g/mol. The van der Waals surface area contributed by atoms with Gasteiger partial charge in [-0.05, 0) is 44.0 Å². The largest absolute Gasteiger partial charge is 0.340 e. The minimum Gasteiger partial charge on any atom is -0.340 e. The third-order valence-corrected chi connectivity index (χ3v) is 5.56. The lowest BCUT2D eigenvalue weighted by molar-refractivity contribution is 0.0866. The second-order valence-corrected chi connectivity index (χ2v) is 7.89. The van der Waals surface area contributed by atoms with Crippen LogP contribution in [-0.4, -0.2) is 30.8 Å². The summed E-state index contributed by atoms with van der Waals surface area (Å²) in [4.78, 5) is 21.9. The Morgan fingerprint density at radius 3 is 2.41 bits per heavy atom. The molecule has 29 heavy (non-hydrogen) atoms. The first-order valence-electron chi connectivity index (χ1n) is 9.80. The van der Waals surface area contributed by atoms with Gasteiger partial charge in [0.25, 0.3) is 5.91 Å². The maximum atomic E-state index is 13.1. The first kappa shape index (κ1) is 19.6. The van der Waals surface area contributed by atoms with Gasteiger partial charge < -0.3 is 9.84 Å². The van der Waals surface area contributed by atoms with Crippen LogP contribution < -0.4 is 5.32 Å². The van der Waals surface area contributed by atoms with Gasteiger partial charge in [0, 0.05) is 11.9 Å². The third-order valence-electron chi connectivity index (χ3n) is 5.31. The van der Waals surface area contributed by atoms with Crippen molar-refractivity contribution in [3.63, 3.8) is 0 Å². The van der Waals surface area contributed by atoms with Crippen molar-refractivity contribution in [2.45, 2.75) is 57.9 Å². The number of nitrogens with one attached hydrogen (secondary N) is 1. The minimum atomic E-state index is -0.662. The van der Waals surface area contributed by atoms with E-state index in [1.54, 1.807) is 23.7 Å². The molecule has 8 nitrogen and oxygen atoms in total. The van der Waals surface area contributed by atoms with Crippen LogP contribution in [0.15, 0.2) is 28.8 Å². The molecule has 1 aliphatic carbocycles. The molecule has 0 unspecified atom stereocenters. The predicted octanol–water partition coefficient (Wildman–Crippen LogP) is 3.90. The highest BCUT2D eigenvalue weighted by Crippen LogP contribution is 2.34. The molecule has 0 saturated heterocycles. The second kappa shape index (κ2) is 7.94. The Balaban J connectivity index is 1.63. The standard InChI is InChI=1S/C20H23ClN6O2/c1-13-22-17(25-27(13)16-9-7-15(21)8-10-16)18(28)24-20(11-5-3-4-6-12-20)19-23-14(2)29-26-19/h7-10H,3-6,11-12H2,1-2H3,(H,24,28). The summed E-state index contributed by atoms with van der Waals surface area (Å²) in [7, 11) is 0. The quantitative estimate of drug-likeness (QED) is 0.650. The van der Waals surface area contributed by atoms with Gasteiger partial charge in [0.15, 0.2) is 5.82 Å². The average Bonchev–Trinajstić information content (AvgIpc) is 3.23. The van der Waals surface area contributed by atoms with Gasteiger partial charge in [-0.3, -0.25) is 4.79 Å². The summed E-state index contributed by atoms with van der Waals surface area (Å²) in [6, 6.07) is 7.22. The Morgan fingerprint density at radius 1 is 1.10 bits per heavy atom. The molecule has 1 aliphatic rings. The second-order valence-electron chi connectivity index (χ2n) is 7.46. The van der Waals surface area contributed by atoms with E-state index in [0.717, 1.165) is 44.2 Å². The number of benzene rings is 1. The van der Waals surface area contributed by atoms with Gasteiger partial charge >= 0.3 is 0 Å². The topological polar surface area (TPSA) is 98.7 Å². The van der Waals surface area contributed by atoms with Crippen molar-refractivity contribution in [3.05, 3.63) is 52.7 Å². The fourth-order valence-electron chi connectivity index (χ4n) is 3.82. The fourth-order valence-corrected chi connectivity index (χ4v) is 3.94. The van der Waals surface area contributed by atoms with E-state index >= 15 is 0 Å². The van der Waals surface area contributed by atoms with Gasteiger partial charge in [-0.25, -0.2) is 9.67 Å². The van der Waals surface area contributed by atoms with Crippen molar-refractivity contribution in [1.82, 2.24) is 30.2 Å². The lowest BCUT2D eigenvalue weighted by Crippen LogP contribution is -2.46. The maximum Gasteiger partial charge on any atom is 0.291 e. The minimum absolute atomic E-state index is 0.112. The number of amides is 1. The first-order valence-corrected chi connectivity index (χ1v) is 10.2. The van der Waals surface area contributed by atoms with Gasteiger partial charge in [0.2, 0.25) is 11.7 Å². The van der Waals surface area contributed by atoms with Crippen molar-refractivity contribution in [3.8, 4) is 5.69 Å². The maximum absolute atomic E-state index is 13.1. The number of carbonyl (C=O) groups excluding carboxylic acids is 1. The Morgan fingerprint density at radius 2 is 1.79 bits per heavy atom. The van der Waals surface area contributed by atoms with Crippen LogP contribution in [0.2, 0.25) is 5.02 Å². The highest BCUT2D eigenvalue weighted by atomic mass is 35.5. The SMILES string of the molecule is Cc1nc(C2(NC(=O)c3nc(C)n(-c4ccc(Cl)cc4)n3)CCCCCC2)no1. The van der Waals surface area contributed by atoms with E-state index in [9.17, 15) is 4.79 Å². The molecule has 4 rings (SSSR count). The summed E-state index contributed by atoms with van der Waals surface area (Å²) in [5.74, 6) is 1.40. The average molecular weight is 415 g/mol. The Bertz CT molecular complexity index is 1000. The number of rotatable bonds is 4. The van der Waals surface area contributed by atoms with Gasteiger partial charge in [-0.15, -0.1) is 5.10 Å². The highest BCUT2D eigenvalue weighted by Gasteiger charge is 2.39. The molecule has 0 aliphatic heterocycles. The van der Waals surface area contributed by atoms with Crippen molar-refractivity contribution < 1.29 is 9.32 Å². The zero-order valence-corrected chi connectivity index (χ0v) is 17.2. The summed E-state index contributed by atoms with van der Waals surface area (Å²) >= 11 is 5.96. The number of nitrogens with zero attached hydrogens (tertiary/aromatic N) is 5. The number of halogens is 1. The van der Waals surface area contributed by atoms with Crippen LogP contribution in [0.5, 0.6) is 0 Å². The van der Waals surface area contributed by atoms with E-state index in [4.69, 9.17) is 16.1 Å². The van der Waals surface area contributed by atoms with E-state index in [1.165, 1.54) is 0 Å². The number of aromatic nitrogens is 5. The van der Waals surface area contributed by atoms with E-state index in [0.29, 0.717) is 22.6 Å². The van der Waals surface area contributed by atoms with Crippen LogP contribution in [0, 0.1) is 13.8 Å². The molecular formula is C20H23ClN6O2. The summed E-state index contributed by atoms with van der Waals surface area (Å²) in [5, 5.41) is 12.3. The molecule has 2 heterocycles. The van der Waals surface area contributed by atoms with Crippen LogP contribution in [0.25, 0.3) is 5.69 Å². The Kier molecular flexibility index (Phi) is 5.36. The molecule has 1 saturated carbocycles. The number of aryl methyl sites for hydroxylation is 2. The molecule has 152 valence electrons. The molecule has 9 heteroatoms. The summed E-state index contributed by atoms with van der Waals surface area (Å²) in [6.07, 6.45) is 5.73. The number of hydrogen-bond acceptors (Lipinski definition) is 6. The van der Waals surface area contributed by atoms with Crippen LogP contribution in [0.3, 0.4) is 0 Å². The molecule has 1 fully saturated rings. The lowest BCUT2D eigenvalue weighted by Gasteiger charge is -2.30. The zero-order valence-electron chi connectivity index (χ0n) is 16.5. The first-order chi connectivity index (χ1) is 14.0. The summed E-state index contributed by atoms with van der Waals surface area (Å²) in [6.45, 7) is 3.56. The van der Waals surface area contributed by atoms with E-state index in [-0.39, 0.29) is 11.7 Å². The van der Waals surface area contributed by atoms with Gasteiger partial charge in [0.05, 0.1) is 5.69 Å². The highest BCUT2D eigenvalue weighted by molar-refractivity contribution is 6.30. The van der Waals surface area contributed by atoms with Crippen molar-refractivity contribution in [1.29, 1.82) is 0 Å². The molecule has 1 N–H and O–H groups in total. The van der Waals surface area contributed by atoms with Crippen LogP contribution in [0.1, 0.15) is 66.7 Å². The number of hydrogen-bond donors (Lipinski definition) is 1. The molecule has 0 radical (unpaired) electrons. The van der Waals surface area contributed by atoms with Crippen molar-refractivity contribution >= 4 is 17.5 Å². The molecule has 1 aromatic carbocycles. The molecule has 0 spiro atoms. The van der Waals surface area contributed by atoms with Crippen molar-refractivity contribution in [2.75, 3.05) is 0 Å². The normalized spacial score (nSPS) is 16.4. The molecule has 3 aromatic rings. The van der Waals surface area contributed by atoms with Crippen molar-refractivity contribution in [2.24, 2.45) is 0 Å². The monoisotopic (exact) mass is 414 g/mol. The summed E-state index contributed by atoms with van der Waals surface area (Å²) in [5.41, 5.74) is 0.127. The molecule has 2 aromatic heterocycles. The Hall–Kier alpha value is -2.74. The predicted molar refractivity (Wildman–Crippen MR) is 107 cm³/mol. The van der Waals surface area contributed by atoms with Gasteiger partial charge in [-0.1, -0.05) is 42.4 Å². The molecule has 0 bridgehead atoms. The van der Waals surface area contributed by atoms with Gasteiger partial charge in [0.1, 0.15) is 11.4 Å². The zero-order chi connectivity index (χ0) is 20.4. The smallest absolute Gasteiger partial charge is 0.291 e. The van der Waals surface area contributed by atoms with E-state index in [2.05, 4.69) is 25.5 Å². The van der Waals surface area contributed by atoms with E-state index in [1.807, 2.05) is 19.1 Å². The Labute approximate surface area is 173 Å².